The monoisotopic (exact) mass is 310 g/mol. The van der Waals surface area contributed by atoms with Gasteiger partial charge >= 0.3 is 0 Å². The summed E-state index contributed by atoms with van der Waals surface area (Å²) in [6, 6.07) is 7.16. The number of nitrogens with zero attached hydrogens (tertiary/aromatic N) is 1. The molecule has 0 spiro atoms. The van der Waals surface area contributed by atoms with Gasteiger partial charge in [0.2, 0.25) is 10.0 Å². The highest BCUT2D eigenvalue weighted by Crippen LogP contribution is 2.30. The number of benzene rings is 1. The van der Waals surface area contributed by atoms with Crippen molar-refractivity contribution in [2.45, 2.75) is 37.5 Å². The van der Waals surface area contributed by atoms with Crippen molar-refractivity contribution in [3.05, 3.63) is 24.3 Å². The van der Waals surface area contributed by atoms with E-state index >= 15 is 0 Å². The summed E-state index contributed by atoms with van der Waals surface area (Å²) in [7, 11) is -0.274. The van der Waals surface area contributed by atoms with E-state index in [1.807, 2.05) is 12.1 Å². The van der Waals surface area contributed by atoms with E-state index in [2.05, 4.69) is 12.2 Å². The fourth-order valence-corrected chi connectivity index (χ4v) is 4.03. The van der Waals surface area contributed by atoms with Crippen LogP contribution in [0.15, 0.2) is 29.2 Å². The van der Waals surface area contributed by atoms with Gasteiger partial charge in [0.1, 0.15) is 4.90 Å². The number of hydrogen-bond donors (Lipinski definition) is 1. The molecule has 2 rings (SSSR count). The topological polar surface area (TPSA) is 49.4 Å². The van der Waals surface area contributed by atoms with Crippen LogP contribution in [-0.2, 0) is 10.0 Å². The Hall–Kier alpha value is -1.07. The molecule has 2 atom stereocenters. The summed E-state index contributed by atoms with van der Waals surface area (Å²) in [6.45, 7) is 3.15. The number of rotatable bonds is 5. The number of anilines is 1. The van der Waals surface area contributed by atoms with Gasteiger partial charge in [0.15, 0.2) is 0 Å². The van der Waals surface area contributed by atoms with Gasteiger partial charge in [-0.3, -0.25) is 0 Å². The van der Waals surface area contributed by atoms with Crippen LogP contribution in [0, 0.1) is 11.8 Å². The molecule has 1 aromatic rings. The first-order chi connectivity index (χ1) is 9.93. The minimum absolute atomic E-state index is 0.360. The molecule has 1 saturated carbocycles. The van der Waals surface area contributed by atoms with Crippen molar-refractivity contribution in [1.82, 2.24) is 4.31 Å². The summed E-state index contributed by atoms with van der Waals surface area (Å²) in [5.74, 6) is 1.35. The molecule has 1 N–H and O–H groups in total. The van der Waals surface area contributed by atoms with Crippen LogP contribution >= 0.6 is 0 Å². The fraction of sp³-hybridized carbons (Fsp3) is 0.625. The fourth-order valence-electron chi connectivity index (χ4n) is 2.97. The van der Waals surface area contributed by atoms with Gasteiger partial charge in [0, 0.05) is 20.6 Å². The van der Waals surface area contributed by atoms with Crippen molar-refractivity contribution in [1.29, 1.82) is 0 Å². The third-order valence-electron chi connectivity index (χ3n) is 4.49. The lowest BCUT2D eigenvalue weighted by molar-refractivity contribution is 0.268. The van der Waals surface area contributed by atoms with Crippen LogP contribution in [0.5, 0.6) is 0 Å². The highest BCUT2D eigenvalue weighted by molar-refractivity contribution is 7.89. The Morgan fingerprint density at radius 2 is 1.86 bits per heavy atom. The molecule has 0 saturated heterocycles. The Bertz CT molecular complexity index is 569. The maximum atomic E-state index is 12.4. The molecule has 5 heteroatoms. The van der Waals surface area contributed by atoms with Gasteiger partial charge in [-0.2, -0.15) is 0 Å². The summed E-state index contributed by atoms with van der Waals surface area (Å²) >= 11 is 0. The SMILES string of the molecule is CC1CCCCC1CNc1ccccc1S(=O)(=O)N(C)C. The van der Waals surface area contributed by atoms with Gasteiger partial charge in [0.25, 0.3) is 0 Å². The molecule has 21 heavy (non-hydrogen) atoms. The van der Waals surface area contributed by atoms with E-state index in [0.29, 0.717) is 22.4 Å². The summed E-state index contributed by atoms with van der Waals surface area (Å²) in [5, 5.41) is 3.37. The molecule has 0 aromatic heterocycles. The molecule has 0 heterocycles. The first-order valence-corrected chi connectivity index (χ1v) is 9.12. The van der Waals surface area contributed by atoms with Crippen LogP contribution in [0.25, 0.3) is 0 Å². The van der Waals surface area contributed by atoms with E-state index in [4.69, 9.17) is 0 Å². The Morgan fingerprint density at radius 1 is 1.19 bits per heavy atom. The smallest absolute Gasteiger partial charge is 0.244 e. The molecule has 1 aromatic carbocycles. The lowest BCUT2D eigenvalue weighted by Crippen LogP contribution is -2.26. The number of sulfonamides is 1. The van der Waals surface area contributed by atoms with E-state index in [9.17, 15) is 8.42 Å². The number of nitrogens with one attached hydrogen (secondary N) is 1. The third-order valence-corrected chi connectivity index (χ3v) is 6.36. The van der Waals surface area contributed by atoms with Crippen molar-refractivity contribution in [2.24, 2.45) is 11.8 Å². The van der Waals surface area contributed by atoms with Crippen LogP contribution in [0.2, 0.25) is 0 Å². The molecule has 0 radical (unpaired) electrons. The zero-order chi connectivity index (χ0) is 15.5. The Morgan fingerprint density at radius 3 is 2.52 bits per heavy atom. The zero-order valence-electron chi connectivity index (χ0n) is 13.2. The van der Waals surface area contributed by atoms with Gasteiger partial charge in [0.05, 0.1) is 5.69 Å². The zero-order valence-corrected chi connectivity index (χ0v) is 14.0. The molecular formula is C16H26N2O2S. The maximum absolute atomic E-state index is 12.4. The van der Waals surface area contributed by atoms with Crippen LogP contribution in [0.1, 0.15) is 32.6 Å². The summed E-state index contributed by atoms with van der Waals surface area (Å²) in [5.41, 5.74) is 0.712. The molecule has 4 nitrogen and oxygen atoms in total. The molecule has 0 amide bonds. The average Bonchev–Trinajstić information content (AvgIpc) is 2.46. The molecule has 0 bridgehead atoms. The molecule has 2 unspecified atom stereocenters. The molecule has 0 aliphatic heterocycles. The molecule has 1 aliphatic carbocycles. The molecule has 1 fully saturated rings. The normalized spacial score (nSPS) is 23.2. The predicted molar refractivity (Wildman–Crippen MR) is 86.9 cm³/mol. The summed E-state index contributed by atoms with van der Waals surface area (Å²) in [4.78, 5) is 0.360. The Labute approximate surface area is 128 Å². The minimum atomic E-state index is -3.40. The van der Waals surface area contributed by atoms with Crippen molar-refractivity contribution in [3.63, 3.8) is 0 Å². The van der Waals surface area contributed by atoms with E-state index in [1.54, 1.807) is 26.2 Å². The average molecular weight is 310 g/mol. The Kier molecular flexibility index (Phi) is 5.27. The van der Waals surface area contributed by atoms with Crippen molar-refractivity contribution >= 4 is 15.7 Å². The highest BCUT2D eigenvalue weighted by atomic mass is 32.2. The second-order valence-electron chi connectivity index (χ2n) is 6.19. The Balaban J connectivity index is 2.14. The van der Waals surface area contributed by atoms with Crippen LogP contribution in [0.3, 0.4) is 0 Å². The summed E-state index contributed by atoms with van der Waals surface area (Å²) < 4.78 is 26.0. The van der Waals surface area contributed by atoms with Gasteiger partial charge < -0.3 is 5.32 Å². The van der Waals surface area contributed by atoms with Crippen molar-refractivity contribution in [3.8, 4) is 0 Å². The van der Waals surface area contributed by atoms with Crippen LogP contribution in [0.4, 0.5) is 5.69 Å². The van der Waals surface area contributed by atoms with Crippen LogP contribution in [-0.4, -0.2) is 33.4 Å². The van der Waals surface area contributed by atoms with E-state index in [-0.39, 0.29) is 0 Å². The van der Waals surface area contributed by atoms with Crippen LogP contribution < -0.4 is 5.32 Å². The quantitative estimate of drug-likeness (QED) is 0.909. The second-order valence-corrected chi connectivity index (χ2v) is 8.31. The largest absolute Gasteiger partial charge is 0.384 e. The molecule has 118 valence electrons. The summed E-state index contributed by atoms with van der Waals surface area (Å²) in [6.07, 6.45) is 5.12. The van der Waals surface area contributed by atoms with Crippen molar-refractivity contribution < 1.29 is 8.42 Å². The lowest BCUT2D eigenvalue weighted by atomic mass is 9.80. The minimum Gasteiger partial charge on any atom is -0.384 e. The number of para-hydroxylation sites is 1. The number of hydrogen-bond acceptors (Lipinski definition) is 3. The van der Waals surface area contributed by atoms with Gasteiger partial charge in [-0.15, -0.1) is 0 Å². The lowest BCUT2D eigenvalue weighted by Gasteiger charge is -2.29. The first-order valence-electron chi connectivity index (χ1n) is 7.68. The van der Waals surface area contributed by atoms with Crippen molar-refractivity contribution in [2.75, 3.05) is 26.0 Å². The van der Waals surface area contributed by atoms with Gasteiger partial charge in [-0.05, 0) is 30.4 Å². The molecule has 1 aliphatic rings. The predicted octanol–water partition coefficient (Wildman–Crippen LogP) is 3.18. The standard InChI is InChI=1S/C16H26N2O2S/c1-13-8-4-5-9-14(13)12-17-15-10-6-7-11-16(15)21(19,20)18(2)3/h6-7,10-11,13-14,17H,4-5,8-9,12H2,1-3H3. The van der Waals surface area contributed by atoms with Gasteiger partial charge in [-0.25, -0.2) is 12.7 Å². The third kappa shape index (κ3) is 3.77. The van der Waals surface area contributed by atoms with E-state index < -0.39 is 10.0 Å². The van der Waals surface area contributed by atoms with E-state index in [1.165, 1.54) is 30.0 Å². The highest BCUT2D eigenvalue weighted by Gasteiger charge is 2.23. The first kappa shape index (κ1) is 16.3. The van der Waals surface area contributed by atoms with Gasteiger partial charge in [-0.1, -0.05) is 38.3 Å². The maximum Gasteiger partial charge on any atom is 0.244 e. The second kappa shape index (κ2) is 6.79. The molecular weight excluding hydrogens is 284 g/mol. The van der Waals surface area contributed by atoms with E-state index in [0.717, 1.165) is 6.54 Å².